The Kier molecular flexibility index (Phi) is 2.70. The van der Waals surface area contributed by atoms with Gasteiger partial charge >= 0.3 is 0 Å². The maximum atomic E-state index is 11.6. The van der Waals surface area contributed by atoms with E-state index >= 15 is 0 Å². The normalized spacial score (nSPS) is 12.7. The Hall–Kier alpha value is -1.39. The van der Waals surface area contributed by atoms with E-state index in [0.717, 1.165) is 10.6 Å². The zero-order chi connectivity index (χ0) is 10.8. The molecule has 3 N–H and O–H groups in total. The standard InChI is InChI=1S/C11H12N2OS/c1-7-4-5-8(11(14)13-7)10(12)9-3-2-6-15-9/h2-6,10H,12H2,1H3,(H,13,14). The third-order valence-corrected chi connectivity index (χ3v) is 3.23. The summed E-state index contributed by atoms with van der Waals surface area (Å²) in [6, 6.07) is 7.20. The molecule has 0 aliphatic carbocycles. The molecule has 2 aromatic heterocycles. The molecule has 1 atom stereocenters. The number of pyridine rings is 1. The van der Waals surface area contributed by atoms with Crippen LogP contribution >= 0.6 is 11.3 Å². The predicted octanol–water partition coefficient (Wildman–Crippen LogP) is 1.79. The van der Waals surface area contributed by atoms with Crippen LogP contribution < -0.4 is 11.3 Å². The molecule has 4 heteroatoms. The Balaban J connectivity index is 2.42. The molecule has 0 spiro atoms. The molecule has 3 nitrogen and oxygen atoms in total. The molecule has 0 radical (unpaired) electrons. The Morgan fingerprint density at radius 2 is 2.20 bits per heavy atom. The SMILES string of the molecule is Cc1ccc(C(N)c2cccs2)c(=O)[nH]1. The van der Waals surface area contributed by atoms with Crippen LogP contribution in [0.3, 0.4) is 0 Å². The number of hydrogen-bond donors (Lipinski definition) is 2. The van der Waals surface area contributed by atoms with E-state index in [0.29, 0.717) is 5.56 Å². The molecule has 15 heavy (non-hydrogen) atoms. The van der Waals surface area contributed by atoms with Crippen LogP contribution in [-0.4, -0.2) is 4.98 Å². The fraction of sp³-hybridized carbons (Fsp3) is 0.182. The van der Waals surface area contributed by atoms with Gasteiger partial charge in [0.15, 0.2) is 0 Å². The van der Waals surface area contributed by atoms with E-state index in [2.05, 4.69) is 4.98 Å². The smallest absolute Gasteiger partial charge is 0.253 e. The summed E-state index contributed by atoms with van der Waals surface area (Å²) in [4.78, 5) is 15.4. The molecule has 2 aromatic rings. The van der Waals surface area contributed by atoms with Crippen molar-refractivity contribution in [1.82, 2.24) is 4.98 Å². The third kappa shape index (κ3) is 2.00. The van der Waals surface area contributed by atoms with Gasteiger partial charge in [0.1, 0.15) is 0 Å². The van der Waals surface area contributed by atoms with E-state index in [1.54, 1.807) is 17.4 Å². The highest BCUT2D eigenvalue weighted by Gasteiger charge is 2.12. The number of H-pyrrole nitrogens is 1. The summed E-state index contributed by atoms with van der Waals surface area (Å²) in [6.07, 6.45) is 0. The summed E-state index contributed by atoms with van der Waals surface area (Å²) >= 11 is 1.56. The van der Waals surface area contributed by atoms with Crippen molar-refractivity contribution in [2.24, 2.45) is 5.73 Å². The van der Waals surface area contributed by atoms with Gasteiger partial charge in [0.2, 0.25) is 0 Å². The van der Waals surface area contributed by atoms with Gasteiger partial charge in [0, 0.05) is 16.1 Å². The number of thiophene rings is 1. The quantitative estimate of drug-likeness (QED) is 0.810. The second kappa shape index (κ2) is 4.00. The summed E-state index contributed by atoms with van der Waals surface area (Å²) in [5.41, 5.74) is 7.36. The molecule has 0 amide bonds. The molecule has 0 aliphatic heterocycles. The lowest BCUT2D eigenvalue weighted by atomic mass is 10.1. The van der Waals surface area contributed by atoms with E-state index in [9.17, 15) is 4.79 Å². The molecule has 2 heterocycles. The minimum absolute atomic E-state index is 0.101. The fourth-order valence-electron chi connectivity index (χ4n) is 1.45. The second-order valence-corrected chi connectivity index (χ2v) is 4.40. The van der Waals surface area contributed by atoms with Crippen LogP contribution in [0.25, 0.3) is 0 Å². The first-order valence-corrected chi connectivity index (χ1v) is 5.55. The van der Waals surface area contributed by atoms with Crippen LogP contribution in [0.2, 0.25) is 0 Å². The lowest BCUT2D eigenvalue weighted by Gasteiger charge is -2.08. The average molecular weight is 220 g/mol. The molecule has 0 aromatic carbocycles. The minimum Gasteiger partial charge on any atom is -0.326 e. The van der Waals surface area contributed by atoms with Gasteiger partial charge in [-0.05, 0) is 30.5 Å². The zero-order valence-corrected chi connectivity index (χ0v) is 9.17. The Morgan fingerprint density at radius 1 is 1.40 bits per heavy atom. The monoisotopic (exact) mass is 220 g/mol. The minimum atomic E-state index is -0.325. The van der Waals surface area contributed by atoms with Gasteiger partial charge in [-0.1, -0.05) is 6.07 Å². The third-order valence-electron chi connectivity index (χ3n) is 2.27. The van der Waals surface area contributed by atoms with Crippen molar-refractivity contribution in [2.45, 2.75) is 13.0 Å². The van der Waals surface area contributed by atoms with E-state index in [4.69, 9.17) is 5.73 Å². The van der Waals surface area contributed by atoms with Gasteiger partial charge in [-0.25, -0.2) is 0 Å². The van der Waals surface area contributed by atoms with Crippen molar-refractivity contribution in [2.75, 3.05) is 0 Å². The second-order valence-electron chi connectivity index (χ2n) is 3.42. The van der Waals surface area contributed by atoms with Gasteiger partial charge in [-0.3, -0.25) is 4.79 Å². The maximum Gasteiger partial charge on any atom is 0.253 e. The zero-order valence-electron chi connectivity index (χ0n) is 8.36. The Morgan fingerprint density at radius 3 is 2.80 bits per heavy atom. The number of hydrogen-bond acceptors (Lipinski definition) is 3. The average Bonchev–Trinajstić information content (AvgIpc) is 2.69. The van der Waals surface area contributed by atoms with Crippen LogP contribution in [-0.2, 0) is 0 Å². The lowest BCUT2D eigenvalue weighted by molar-refractivity contribution is 0.864. The summed E-state index contributed by atoms with van der Waals surface area (Å²) < 4.78 is 0. The van der Waals surface area contributed by atoms with E-state index in [-0.39, 0.29) is 11.6 Å². The molecule has 0 saturated heterocycles. The molecule has 0 bridgehead atoms. The van der Waals surface area contributed by atoms with Crippen molar-refractivity contribution in [1.29, 1.82) is 0 Å². The fourth-order valence-corrected chi connectivity index (χ4v) is 2.19. The highest BCUT2D eigenvalue weighted by Crippen LogP contribution is 2.21. The van der Waals surface area contributed by atoms with Crippen molar-refractivity contribution in [3.63, 3.8) is 0 Å². The number of rotatable bonds is 2. The van der Waals surface area contributed by atoms with Gasteiger partial charge < -0.3 is 10.7 Å². The van der Waals surface area contributed by atoms with Crippen molar-refractivity contribution < 1.29 is 0 Å². The first-order valence-electron chi connectivity index (χ1n) is 4.67. The van der Waals surface area contributed by atoms with Crippen LogP contribution in [0.1, 0.15) is 22.2 Å². The number of aromatic nitrogens is 1. The molecular formula is C11H12N2OS. The Labute approximate surface area is 91.6 Å². The topological polar surface area (TPSA) is 58.9 Å². The highest BCUT2D eigenvalue weighted by molar-refractivity contribution is 7.10. The molecular weight excluding hydrogens is 208 g/mol. The number of aryl methyl sites for hydroxylation is 1. The van der Waals surface area contributed by atoms with E-state index in [1.807, 2.05) is 30.5 Å². The first-order chi connectivity index (χ1) is 7.18. The summed E-state index contributed by atoms with van der Waals surface area (Å²) in [7, 11) is 0. The van der Waals surface area contributed by atoms with E-state index in [1.165, 1.54) is 0 Å². The van der Waals surface area contributed by atoms with Crippen LogP contribution in [0, 0.1) is 6.92 Å². The van der Waals surface area contributed by atoms with Gasteiger partial charge in [0.05, 0.1) is 6.04 Å². The summed E-state index contributed by atoms with van der Waals surface area (Å²) in [6.45, 7) is 1.85. The molecule has 1 unspecified atom stereocenters. The molecule has 2 rings (SSSR count). The number of aromatic amines is 1. The largest absolute Gasteiger partial charge is 0.326 e. The van der Waals surface area contributed by atoms with Crippen molar-refractivity contribution in [3.05, 3.63) is 56.1 Å². The van der Waals surface area contributed by atoms with Gasteiger partial charge in [-0.15, -0.1) is 11.3 Å². The van der Waals surface area contributed by atoms with Crippen molar-refractivity contribution in [3.8, 4) is 0 Å². The molecule has 0 saturated carbocycles. The van der Waals surface area contributed by atoms with Gasteiger partial charge in [0.25, 0.3) is 5.56 Å². The number of nitrogens with two attached hydrogens (primary N) is 1. The van der Waals surface area contributed by atoms with E-state index < -0.39 is 0 Å². The van der Waals surface area contributed by atoms with Gasteiger partial charge in [-0.2, -0.15) is 0 Å². The molecule has 0 fully saturated rings. The van der Waals surface area contributed by atoms with Crippen molar-refractivity contribution >= 4 is 11.3 Å². The van der Waals surface area contributed by atoms with Crippen LogP contribution in [0.5, 0.6) is 0 Å². The van der Waals surface area contributed by atoms with Crippen LogP contribution in [0.15, 0.2) is 34.4 Å². The van der Waals surface area contributed by atoms with Crippen LogP contribution in [0.4, 0.5) is 0 Å². The first kappa shape index (κ1) is 10.1. The predicted molar refractivity (Wildman–Crippen MR) is 62.1 cm³/mol. The summed E-state index contributed by atoms with van der Waals surface area (Å²) in [5, 5.41) is 1.96. The maximum absolute atomic E-state index is 11.6. The molecule has 0 aliphatic rings. The molecule has 78 valence electrons. The highest BCUT2D eigenvalue weighted by atomic mass is 32.1. The summed E-state index contributed by atoms with van der Waals surface area (Å²) in [5.74, 6) is 0. The number of nitrogens with one attached hydrogen (secondary N) is 1. The lowest BCUT2D eigenvalue weighted by Crippen LogP contribution is -2.22. The Bertz CT molecular complexity index is 502.